The van der Waals surface area contributed by atoms with Gasteiger partial charge in [-0.25, -0.2) is 4.58 Å². The lowest BCUT2D eigenvalue weighted by molar-refractivity contribution is 0.596. The predicted molar refractivity (Wildman–Crippen MR) is 84.3 cm³/mol. The molecule has 1 aliphatic heterocycles. The summed E-state index contributed by atoms with van der Waals surface area (Å²) in [7, 11) is 0. The number of para-hydroxylation sites is 1. The molecule has 0 aliphatic carbocycles. The topological polar surface area (TPSA) is 42.9 Å². The minimum atomic E-state index is 0.859. The van der Waals surface area contributed by atoms with Gasteiger partial charge in [0.15, 0.2) is 0 Å². The van der Waals surface area contributed by atoms with Crippen LogP contribution in [-0.2, 0) is 0 Å². The largest absolute Gasteiger partial charge is 0.492 e. The highest BCUT2D eigenvalue weighted by Gasteiger charge is 2.06. The molecular weight excluding hydrogens is 260 g/mol. The fourth-order valence-corrected chi connectivity index (χ4v) is 2.52. The van der Waals surface area contributed by atoms with Gasteiger partial charge in [0.25, 0.3) is 0 Å². The summed E-state index contributed by atoms with van der Waals surface area (Å²) in [5.74, 6) is 0. The van der Waals surface area contributed by atoms with Gasteiger partial charge in [-0.1, -0.05) is 30.3 Å². The first-order valence-corrected chi connectivity index (χ1v) is 7.26. The lowest BCUT2D eigenvalue weighted by atomic mass is 10.2. The molecule has 106 valence electrons. The normalized spacial score (nSPS) is 13.1. The Hall–Kier alpha value is -2.49. The zero-order valence-corrected chi connectivity index (χ0v) is 12.1. The number of rotatable bonds is 1. The van der Waals surface area contributed by atoms with Gasteiger partial charge in [-0.2, -0.15) is 0 Å². The zero-order chi connectivity index (χ0) is 14.5. The van der Waals surface area contributed by atoms with E-state index in [1.54, 1.807) is 0 Å². The Morgan fingerprint density at radius 2 is 1.67 bits per heavy atom. The molecule has 0 amide bonds. The molecule has 0 spiro atoms. The van der Waals surface area contributed by atoms with Crippen molar-refractivity contribution in [1.82, 2.24) is 20.0 Å². The Bertz CT molecular complexity index is 818. The molecule has 21 heavy (non-hydrogen) atoms. The van der Waals surface area contributed by atoms with Gasteiger partial charge in [0, 0.05) is 17.7 Å². The van der Waals surface area contributed by atoms with Crippen molar-refractivity contribution in [3.05, 3.63) is 59.1 Å². The summed E-state index contributed by atoms with van der Waals surface area (Å²) < 4.78 is 2.43. The molecule has 4 rings (SSSR count). The molecule has 1 aliphatic rings. The van der Waals surface area contributed by atoms with Crippen molar-refractivity contribution < 1.29 is 0 Å². The van der Waals surface area contributed by atoms with E-state index in [2.05, 4.69) is 57.3 Å². The van der Waals surface area contributed by atoms with E-state index < -0.39 is 0 Å². The van der Waals surface area contributed by atoms with E-state index in [4.69, 9.17) is 0 Å². The third-order valence-electron chi connectivity index (χ3n) is 3.61. The lowest BCUT2D eigenvalue weighted by Gasteiger charge is -2.03. The van der Waals surface area contributed by atoms with Crippen molar-refractivity contribution in [2.75, 3.05) is 13.1 Å². The van der Waals surface area contributed by atoms with Crippen molar-refractivity contribution in [3.8, 4) is 0 Å². The average Bonchev–Trinajstić information content (AvgIpc) is 3.03. The van der Waals surface area contributed by atoms with Crippen LogP contribution in [0.1, 0.15) is 13.3 Å². The van der Waals surface area contributed by atoms with Crippen LogP contribution >= 0.6 is 0 Å². The average molecular weight is 278 g/mol. The van der Waals surface area contributed by atoms with E-state index in [0.717, 1.165) is 17.6 Å². The first kappa shape index (κ1) is 13.5. The summed E-state index contributed by atoms with van der Waals surface area (Å²) >= 11 is 0. The van der Waals surface area contributed by atoms with Crippen LogP contribution in [0.15, 0.2) is 48.5 Å². The molecule has 2 aromatic carbocycles. The summed E-state index contributed by atoms with van der Waals surface area (Å²) in [5.41, 5.74) is 1.72. The Kier molecular flexibility index (Phi) is 4.05. The number of aromatic nitrogens is 3. The maximum atomic E-state index is 3.76. The zero-order valence-electron chi connectivity index (χ0n) is 12.1. The van der Waals surface area contributed by atoms with Crippen LogP contribution in [0, 0.1) is 0 Å². The molecule has 0 saturated heterocycles. The van der Waals surface area contributed by atoms with Gasteiger partial charge < -0.3 is 15.4 Å². The highest BCUT2D eigenvalue weighted by Crippen LogP contribution is 2.03. The number of hydrogen-bond donors (Lipinski definition) is 0. The van der Waals surface area contributed by atoms with Crippen molar-refractivity contribution >= 4 is 17.1 Å². The van der Waals surface area contributed by atoms with Crippen LogP contribution in [0.2, 0.25) is 0 Å². The molecule has 1 aromatic heterocycles. The maximum Gasteiger partial charge on any atom is 0.206 e. The summed E-state index contributed by atoms with van der Waals surface area (Å²) in [6.07, 6.45) is 3.51. The SMILES string of the molecule is CC[N+]1=c2ccccc2=CCC1.c1ccc2n[n-]nc2c1. The fourth-order valence-electron chi connectivity index (χ4n) is 2.52. The Morgan fingerprint density at radius 3 is 2.38 bits per heavy atom. The van der Waals surface area contributed by atoms with E-state index in [-0.39, 0.29) is 0 Å². The summed E-state index contributed by atoms with van der Waals surface area (Å²) in [4.78, 5) is 0. The highest BCUT2D eigenvalue weighted by atomic mass is 15.3. The van der Waals surface area contributed by atoms with Crippen LogP contribution in [0.3, 0.4) is 0 Å². The van der Waals surface area contributed by atoms with E-state index in [1.807, 2.05) is 24.3 Å². The van der Waals surface area contributed by atoms with Gasteiger partial charge in [-0.15, -0.1) is 0 Å². The molecule has 4 nitrogen and oxygen atoms in total. The van der Waals surface area contributed by atoms with Gasteiger partial charge in [0.05, 0.1) is 11.0 Å². The van der Waals surface area contributed by atoms with Crippen LogP contribution in [0.25, 0.3) is 17.1 Å². The molecule has 3 aromatic rings. The Labute approximate surface area is 123 Å². The van der Waals surface area contributed by atoms with Crippen LogP contribution in [0.5, 0.6) is 0 Å². The summed E-state index contributed by atoms with van der Waals surface area (Å²) in [6, 6.07) is 16.2. The molecule has 0 unspecified atom stereocenters. The van der Waals surface area contributed by atoms with Crippen molar-refractivity contribution in [2.24, 2.45) is 0 Å². The Morgan fingerprint density at radius 1 is 1.00 bits per heavy atom. The van der Waals surface area contributed by atoms with Gasteiger partial charge >= 0.3 is 0 Å². The molecule has 0 N–H and O–H groups in total. The smallest absolute Gasteiger partial charge is 0.206 e. The van der Waals surface area contributed by atoms with E-state index in [9.17, 15) is 0 Å². The number of fused-ring (bicyclic) bond motifs is 2. The molecule has 0 bridgehead atoms. The third-order valence-corrected chi connectivity index (χ3v) is 3.61. The van der Waals surface area contributed by atoms with Crippen LogP contribution in [-0.4, -0.2) is 23.3 Å². The number of benzene rings is 2. The first-order valence-electron chi connectivity index (χ1n) is 7.26. The summed E-state index contributed by atoms with van der Waals surface area (Å²) in [5, 5.41) is 13.8. The van der Waals surface area contributed by atoms with Gasteiger partial charge in [-0.05, 0) is 25.1 Å². The van der Waals surface area contributed by atoms with Crippen LogP contribution < -0.4 is 20.4 Å². The third kappa shape index (κ3) is 2.99. The molecule has 0 radical (unpaired) electrons. The van der Waals surface area contributed by atoms with Crippen molar-refractivity contribution in [2.45, 2.75) is 13.3 Å². The minimum absolute atomic E-state index is 0.859. The second-order valence-electron chi connectivity index (χ2n) is 4.91. The summed E-state index contributed by atoms with van der Waals surface area (Å²) in [6.45, 7) is 4.50. The van der Waals surface area contributed by atoms with Gasteiger partial charge in [0.2, 0.25) is 5.36 Å². The first-order chi connectivity index (χ1) is 10.4. The Balaban J connectivity index is 0.000000131. The molecule has 0 fully saturated rings. The minimum Gasteiger partial charge on any atom is -0.492 e. The van der Waals surface area contributed by atoms with Gasteiger partial charge in [0.1, 0.15) is 13.1 Å². The predicted octanol–water partition coefficient (Wildman–Crippen LogP) is 0.969. The quantitative estimate of drug-likeness (QED) is 0.623. The molecule has 4 heteroatoms. The van der Waals surface area contributed by atoms with Gasteiger partial charge in [-0.3, -0.25) is 0 Å². The van der Waals surface area contributed by atoms with E-state index in [0.29, 0.717) is 0 Å². The molecule has 2 heterocycles. The second kappa shape index (κ2) is 6.31. The van der Waals surface area contributed by atoms with Crippen molar-refractivity contribution in [3.63, 3.8) is 0 Å². The van der Waals surface area contributed by atoms with Crippen molar-refractivity contribution in [1.29, 1.82) is 0 Å². The molecular formula is C17H18N4. The van der Waals surface area contributed by atoms with E-state index >= 15 is 0 Å². The monoisotopic (exact) mass is 278 g/mol. The number of nitrogens with zero attached hydrogens (tertiary/aromatic N) is 4. The fraction of sp³-hybridized carbons (Fsp3) is 0.235. The molecule has 0 saturated carbocycles. The second-order valence-corrected chi connectivity index (χ2v) is 4.91. The van der Waals surface area contributed by atoms with E-state index in [1.165, 1.54) is 23.5 Å². The van der Waals surface area contributed by atoms with Crippen LogP contribution in [0.4, 0.5) is 0 Å². The standard InChI is InChI=1S/C11H14N.C6H4N3/c1-2-12-9-5-7-10-6-3-4-8-11(10)12;1-2-4-6-5(3-1)7-9-8-6/h3-4,6-8H,2,5,9H2,1H3;1-4H/q+1;-1. The number of hydrogen-bond acceptors (Lipinski definition) is 2. The molecule has 0 atom stereocenters. The maximum absolute atomic E-state index is 3.76. The lowest BCUT2D eigenvalue weighted by Crippen LogP contribution is -2.43. The highest BCUT2D eigenvalue weighted by molar-refractivity contribution is 5.72.